The van der Waals surface area contributed by atoms with Crippen molar-refractivity contribution < 1.29 is 9.53 Å². The number of hydrogen-bond donors (Lipinski definition) is 0. The fourth-order valence-corrected chi connectivity index (χ4v) is 5.66. The molecule has 1 aromatic heterocycles. The molecule has 3 aromatic rings. The van der Waals surface area contributed by atoms with Crippen LogP contribution >= 0.6 is 22.9 Å². The highest BCUT2D eigenvalue weighted by Crippen LogP contribution is 2.34. The van der Waals surface area contributed by atoms with Crippen LogP contribution in [0.15, 0.2) is 69.6 Å². The molecule has 0 bridgehead atoms. The molecule has 0 aliphatic carbocycles. The largest absolute Gasteiger partial charge is 0.459 e. The molecule has 36 heavy (non-hydrogen) atoms. The van der Waals surface area contributed by atoms with Crippen molar-refractivity contribution in [1.82, 2.24) is 4.57 Å². The highest BCUT2D eigenvalue weighted by atomic mass is 35.5. The molecule has 1 atom stereocenters. The molecule has 0 amide bonds. The van der Waals surface area contributed by atoms with Crippen LogP contribution in [0.2, 0.25) is 5.02 Å². The van der Waals surface area contributed by atoms with E-state index in [1.165, 1.54) is 11.3 Å². The van der Waals surface area contributed by atoms with Gasteiger partial charge in [0, 0.05) is 23.8 Å². The van der Waals surface area contributed by atoms with Crippen LogP contribution in [0.3, 0.4) is 0 Å². The van der Waals surface area contributed by atoms with Crippen LogP contribution in [0.4, 0.5) is 5.69 Å². The minimum absolute atomic E-state index is 0.223. The Morgan fingerprint density at radius 1 is 1.17 bits per heavy atom. The van der Waals surface area contributed by atoms with Gasteiger partial charge in [0.05, 0.1) is 21.9 Å². The average Bonchev–Trinajstić information content (AvgIpc) is 3.14. The van der Waals surface area contributed by atoms with Gasteiger partial charge in [-0.05, 0) is 70.0 Å². The highest BCUT2D eigenvalue weighted by molar-refractivity contribution is 7.07. The summed E-state index contributed by atoms with van der Waals surface area (Å²) in [6.45, 7) is 11.5. The number of carbonyl (C=O) groups is 1. The molecule has 1 aliphatic rings. The van der Waals surface area contributed by atoms with Crippen molar-refractivity contribution in [2.75, 3.05) is 18.0 Å². The molecule has 4 rings (SSSR count). The van der Waals surface area contributed by atoms with Crippen LogP contribution in [-0.4, -0.2) is 29.7 Å². The minimum atomic E-state index is -0.728. The first kappa shape index (κ1) is 25.9. The zero-order valence-corrected chi connectivity index (χ0v) is 22.7. The molecular formula is C28H30ClN3O3S. The quantitative estimate of drug-likeness (QED) is 0.422. The molecule has 1 unspecified atom stereocenters. The van der Waals surface area contributed by atoms with Crippen molar-refractivity contribution in [3.8, 4) is 0 Å². The van der Waals surface area contributed by atoms with Gasteiger partial charge in [-0.15, -0.1) is 0 Å². The predicted molar refractivity (Wildman–Crippen MR) is 146 cm³/mol. The van der Waals surface area contributed by atoms with Crippen molar-refractivity contribution >= 4 is 40.7 Å². The monoisotopic (exact) mass is 523 g/mol. The number of ether oxygens (including phenoxy) is 1. The SMILES string of the molecule is CCN(CC)c1ccc(C=c2sc3n(c2=O)C(c2ccccc2Cl)C(C(=O)OC(C)C)=C(C)N=3)cc1. The number of fused-ring (bicyclic) bond motifs is 1. The Morgan fingerprint density at radius 2 is 1.83 bits per heavy atom. The van der Waals surface area contributed by atoms with Gasteiger partial charge in [-0.3, -0.25) is 9.36 Å². The maximum absolute atomic E-state index is 13.7. The van der Waals surface area contributed by atoms with Gasteiger partial charge in [0.1, 0.15) is 6.04 Å². The first-order valence-corrected chi connectivity index (χ1v) is 13.3. The summed E-state index contributed by atoms with van der Waals surface area (Å²) in [6.07, 6.45) is 1.55. The lowest BCUT2D eigenvalue weighted by atomic mass is 9.96. The second kappa shape index (κ2) is 10.8. The van der Waals surface area contributed by atoms with Gasteiger partial charge in [0.25, 0.3) is 5.56 Å². The van der Waals surface area contributed by atoms with Crippen LogP contribution in [0.25, 0.3) is 6.08 Å². The van der Waals surface area contributed by atoms with E-state index in [0.717, 1.165) is 24.3 Å². The molecule has 6 nitrogen and oxygen atoms in total. The number of halogens is 1. The minimum Gasteiger partial charge on any atom is -0.459 e. The van der Waals surface area contributed by atoms with E-state index in [0.29, 0.717) is 31.2 Å². The lowest BCUT2D eigenvalue weighted by Gasteiger charge is -2.26. The number of carbonyl (C=O) groups excluding carboxylic acids is 1. The first-order valence-electron chi connectivity index (χ1n) is 12.1. The van der Waals surface area contributed by atoms with Crippen molar-refractivity contribution in [3.05, 3.63) is 95.6 Å². The maximum Gasteiger partial charge on any atom is 0.338 e. The summed E-state index contributed by atoms with van der Waals surface area (Å²) in [6, 6.07) is 14.7. The number of thiazole rings is 1. The number of hydrogen-bond acceptors (Lipinski definition) is 6. The number of aromatic nitrogens is 1. The van der Waals surface area contributed by atoms with Crippen LogP contribution in [-0.2, 0) is 9.53 Å². The smallest absolute Gasteiger partial charge is 0.338 e. The van der Waals surface area contributed by atoms with Crippen LogP contribution in [0.5, 0.6) is 0 Å². The Balaban J connectivity index is 1.87. The van der Waals surface area contributed by atoms with Crippen LogP contribution in [0.1, 0.15) is 51.8 Å². The molecule has 1 aliphatic heterocycles. The van der Waals surface area contributed by atoms with Crippen LogP contribution < -0.4 is 19.8 Å². The number of benzene rings is 2. The van der Waals surface area contributed by atoms with Crippen molar-refractivity contribution in [2.24, 2.45) is 4.99 Å². The fraction of sp³-hybridized carbons (Fsp3) is 0.321. The van der Waals surface area contributed by atoms with Gasteiger partial charge in [0.2, 0.25) is 0 Å². The summed E-state index contributed by atoms with van der Waals surface area (Å²) in [7, 11) is 0. The third-order valence-electron chi connectivity index (χ3n) is 6.10. The molecule has 0 saturated carbocycles. The molecule has 8 heteroatoms. The molecule has 2 heterocycles. The molecule has 0 radical (unpaired) electrons. The lowest BCUT2D eigenvalue weighted by molar-refractivity contribution is -0.143. The van der Waals surface area contributed by atoms with Gasteiger partial charge in [-0.1, -0.05) is 53.3 Å². The zero-order chi connectivity index (χ0) is 26.0. The summed E-state index contributed by atoms with van der Waals surface area (Å²) >= 11 is 7.87. The Labute approximate surface area is 219 Å². The van der Waals surface area contributed by atoms with Gasteiger partial charge in [-0.25, -0.2) is 9.79 Å². The normalized spacial score (nSPS) is 15.6. The lowest BCUT2D eigenvalue weighted by Crippen LogP contribution is -2.40. The van der Waals surface area contributed by atoms with Crippen molar-refractivity contribution in [2.45, 2.75) is 46.8 Å². The van der Waals surface area contributed by atoms with Crippen molar-refractivity contribution in [1.29, 1.82) is 0 Å². The molecule has 0 spiro atoms. The summed E-state index contributed by atoms with van der Waals surface area (Å²) in [5.74, 6) is -0.502. The van der Waals surface area contributed by atoms with Gasteiger partial charge in [-0.2, -0.15) is 0 Å². The number of allylic oxidation sites excluding steroid dienone is 1. The topological polar surface area (TPSA) is 63.9 Å². The first-order chi connectivity index (χ1) is 17.2. The third-order valence-corrected chi connectivity index (χ3v) is 7.43. The number of anilines is 1. The second-order valence-corrected chi connectivity index (χ2v) is 10.2. The zero-order valence-electron chi connectivity index (χ0n) is 21.1. The van der Waals surface area contributed by atoms with E-state index in [2.05, 4.69) is 35.9 Å². The Hall–Kier alpha value is -3.16. The Kier molecular flexibility index (Phi) is 7.81. The molecule has 188 valence electrons. The predicted octanol–water partition coefficient (Wildman–Crippen LogP) is 4.69. The van der Waals surface area contributed by atoms with Gasteiger partial charge in [0.15, 0.2) is 4.80 Å². The Morgan fingerprint density at radius 3 is 2.44 bits per heavy atom. The summed E-state index contributed by atoms with van der Waals surface area (Å²) in [4.78, 5) is 34.3. The molecule has 0 N–H and O–H groups in total. The van der Waals surface area contributed by atoms with Gasteiger partial charge >= 0.3 is 5.97 Å². The Bertz CT molecular complexity index is 1480. The van der Waals surface area contributed by atoms with E-state index in [-0.39, 0.29) is 11.7 Å². The summed E-state index contributed by atoms with van der Waals surface area (Å²) in [5, 5.41) is 0.466. The average molecular weight is 524 g/mol. The maximum atomic E-state index is 13.7. The number of esters is 1. The van der Waals surface area contributed by atoms with E-state index in [9.17, 15) is 9.59 Å². The highest BCUT2D eigenvalue weighted by Gasteiger charge is 2.34. The summed E-state index contributed by atoms with van der Waals surface area (Å²) in [5.41, 5.74) is 3.32. The van der Waals surface area contributed by atoms with E-state index >= 15 is 0 Å². The number of nitrogens with zero attached hydrogens (tertiary/aromatic N) is 3. The van der Waals surface area contributed by atoms with Crippen molar-refractivity contribution in [3.63, 3.8) is 0 Å². The van der Waals surface area contributed by atoms with Gasteiger partial charge < -0.3 is 9.64 Å². The van der Waals surface area contributed by atoms with Crippen LogP contribution in [0, 0.1) is 0 Å². The molecule has 0 fully saturated rings. The fourth-order valence-electron chi connectivity index (χ4n) is 4.37. The third kappa shape index (κ3) is 5.04. The second-order valence-electron chi connectivity index (χ2n) is 8.82. The molecular weight excluding hydrogens is 494 g/mol. The summed E-state index contributed by atoms with van der Waals surface area (Å²) < 4.78 is 7.63. The molecule has 2 aromatic carbocycles. The van der Waals surface area contributed by atoms with E-state index in [4.69, 9.17) is 16.3 Å². The standard InChI is InChI=1S/C28H30ClN3O3S/c1-6-31(7-2)20-14-12-19(13-15-20)16-23-26(33)32-25(21-10-8-9-11-22(21)29)24(27(34)35-17(3)4)18(5)30-28(32)36-23/h8-17,25H,6-7H2,1-5H3. The number of rotatable bonds is 7. The van der Waals surface area contributed by atoms with E-state index in [1.54, 1.807) is 31.4 Å². The van der Waals surface area contributed by atoms with E-state index in [1.807, 2.05) is 36.4 Å². The molecule has 0 saturated heterocycles. The van der Waals surface area contributed by atoms with E-state index < -0.39 is 12.0 Å².